The van der Waals surface area contributed by atoms with Gasteiger partial charge in [-0.15, -0.1) is 0 Å². The lowest BCUT2D eigenvalue weighted by atomic mass is 9.88. The maximum Gasteiger partial charge on any atom is 0.329 e. The molecule has 1 aliphatic rings. The van der Waals surface area contributed by atoms with Crippen molar-refractivity contribution in [2.75, 3.05) is 5.32 Å². The minimum Gasteiger partial charge on any atom is -0.479 e. The number of benzene rings is 1. The Morgan fingerprint density at radius 3 is 2.88 bits per heavy atom. The third-order valence-electron chi connectivity index (χ3n) is 3.62. The summed E-state index contributed by atoms with van der Waals surface area (Å²) in [7, 11) is 0. The zero-order valence-electron chi connectivity index (χ0n) is 9.74. The Bertz CT molecular complexity index is 435. The summed E-state index contributed by atoms with van der Waals surface area (Å²) < 4.78 is 0. The molecule has 1 aromatic carbocycles. The Kier molecular flexibility index (Phi) is 3.29. The number of hydrogen-bond donors (Lipinski definition) is 2. The van der Waals surface area contributed by atoms with Crippen molar-refractivity contribution < 1.29 is 9.90 Å². The van der Waals surface area contributed by atoms with Crippen LogP contribution in [0.5, 0.6) is 0 Å². The second-order valence-corrected chi connectivity index (χ2v) is 5.14. The van der Waals surface area contributed by atoms with Crippen LogP contribution in [0.4, 0.5) is 5.69 Å². The Morgan fingerprint density at radius 1 is 1.59 bits per heavy atom. The van der Waals surface area contributed by atoms with Crippen molar-refractivity contribution in [2.45, 2.75) is 31.7 Å². The Labute approximate surface area is 106 Å². The lowest BCUT2D eigenvalue weighted by molar-refractivity contribution is -0.143. The van der Waals surface area contributed by atoms with Crippen LogP contribution >= 0.6 is 11.6 Å². The van der Waals surface area contributed by atoms with Crippen molar-refractivity contribution in [2.24, 2.45) is 5.92 Å². The molecule has 0 radical (unpaired) electrons. The Morgan fingerprint density at radius 2 is 2.35 bits per heavy atom. The summed E-state index contributed by atoms with van der Waals surface area (Å²) >= 11 is 5.90. The van der Waals surface area contributed by atoms with Crippen LogP contribution in [0.3, 0.4) is 0 Å². The predicted molar refractivity (Wildman–Crippen MR) is 68.5 cm³/mol. The largest absolute Gasteiger partial charge is 0.479 e. The smallest absolute Gasteiger partial charge is 0.329 e. The zero-order chi connectivity index (χ0) is 12.5. The lowest BCUT2D eigenvalue weighted by Gasteiger charge is -2.31. The van der Waals surface area contributed by atoms with E-state index >= 15 is 0 Å². The van der Waals surface area contributed by atoms with Gasteiger partial charge < -0.3 is 10.4 Å². The van der Waals surface area contributed by atoms with E-state index < -0.39 is 11.5 Å². The molecule has 2 N–H and O–H groups in total. The van der Waals surface area contributed by atoms with Crippen molar-refractivity contribution in [3.8, 4) is 0 Å². The zero-order valence-corrected chi connectivity index (χ0v) is 10.5. The first-order valence-corrected chi connectivity index (χ1v) is 6.19. The predicted octanol–water partition coefficient (Wildman–Crippen LogP) is 3.40. The SMILES string of the molecule is CC1CCCC1(Nc1cccc(Cl)c1)C(=O)O. The molecule has 1 aromatic rings. The van der Waals surface area contributed by atoms with E-state index in [1.807, 2.05) is 19.1 Å². The van der Waals surface area contributed by atoms with Gasteiger partial charge >= 0.3 is 5.97 Å². The molecule has 2 unspecified atom stereocenters. The molecule has 4 heteroatoms. The number of carboxylic acid groups (broad SMARTS) is 1. The fourth-order valence-corrected chi connectivity index (χ4v) is 2.75. The topological polar surface area (TPSA) is 49.3 Å². The molecule has 1 fully saturated rings. The highest BCUT2D eigenvalue weighted by molar-refractivity contribution is 6.30. The minimum absolute atomic E-state index is 0.124. The highest BCUT2D eigenvalue weighted by Crippen LogP contribution is 2.38. The molecule has 0 aromatic heterocycles. The van der Waals surface area contributed by atoms with E-state index in [4.69, 9.17) is 11.6 Å². The molecular weight excluding hydrogens is 238 g/mol. The number of halogens is 1. The van der Waals surface area contributed by atoms with Gasteiger partial charge in [0, 0.05) is 10.7 Å². The van der Waals surface area contributed by atoms with Crippen molar-refractivity contribution in [3.05, 3.63) is 29.3 Å². The van der Waals surface area contributed by atoms with Crippen LogP contribution in [-0.2, 0) is 4.79 Å². The molecule has 1 saturated carbocycles. The average molecular weight is 254 g/mol. The van der Waals surface area contributed by atoms with E-state index in [0.717, 1.165) is 18.5 Å². The lowest BCUT2D eigenvalue weighted by Crippen LogP contribution is -2.48. The number of carbonyl (C=O) groups is 1. The van der Waals surface area contributed by atoms with Gasteiger partial charge in [0.2, 0.25) is 0 Å². The highest BCUT2D eigenvalue weighted by atomic mass is 35.5. The molecule has 0 amide bonds. The number of rotatable bonds is 3. The summed E-state index contributed by atoms with van der Waals surface area (Å²) in [5.74, 6) is -0.651. The summed E-state index contributed by atoms with van der Waals surface area (Å²) in [5, 5.41) is 13.2. The summed E-state index contributed by atoms with van der Waals surface area (Å²) in [6.45, 7) is 1.98. The van der Waals surface area contributed by atoms with Crippen LogP contribution in [0.1, 0.15) is 26.2 Å². The normalized spacial score (nSPS) is 28.0. The summed E-state index contributed by atoms with van der Waals surface area (Å²) in [6.07, 6.45) is 2.55. The quantitative estimate of drug-likeness (QED) is 0.868. The monoisotopic (exact) mass is 253 g/mol. The van der Waals surface area contributed by atoms with Crippen LogP contribution in [0.2, 0.25) is 5.02 Å². The molecule has 0 aliphatic heterocycles. The van der Waals surface area contributed by atoms with E-state index in [0.29, 0.717) is 11.4 Å². The molecule has 0 heterocycles. The van der Waals surface area contributed by atoms with E-state index in [2.05, 4.69) is 5.32 Å². The maximum absolute atomic E-state index is 11.5. The van der Waals surface area contributed by atoms with Crippen molar-refractivity contribution in [3.63, 3.8) is 0 Å². The van der Waals surface area contributed by atoms with Crippen LogP contribution in [0.25, 0.3) is 0 Å². The standard InChI is InChI=1S/C13H16ClNO2/c1-9-4-3-7-13(9,12(16)17)15-11-6-2-5-10(14)8-11/h2,5-6,8-9,15H,3-4,7H2,1H3,(H,16,17). The fraction of sp³-hybridized carbons (Fsp3) is 0.462. The number of anilines is 1. The molecule has 2 atom stereocenters. The highest BCUT2D eigenvalue weighted by Gasteiger charge is 2.47. The molecule has 17 heavy (non-hydrogen) atoms. The van der Waals surface area contributed by atoms with E-state index in [9.17, 15) is 9.90 Å². The number of carboxylic acids is 1. The van der Waals surface area contributed by atoms with Gasteiger partial charge in [-0.1, -0.05) is 31.0 Å². The van der Waals surface area contributed by atoms with Gasteiger partial charge in [0.25, 0.3) is 0 Å². The van der Waals surface area contributed by atoms with Gasteiger partial charge in [-0.3, -0.25) is 0 Å². The number of nitrogens with one attached hydrogen (secondary N) is 1. The Balaban J connectivity index is 2.28. The number of hydrogen-bond acceptors (Lipinski definition) is 2. The number of aliphatic carboxylic acids is 1. The molecule has 0 spiro atoms. The molecule has 3 nitrogen and oxygen atoms in total. The second-order valence-electron chi connectivity index (χ2n) is 4.71. The average Bonchev–Trinajstić information content (AvgIpc) is 2.61. The molecule has 1 aliphatic carbocycles. The van der Waals surface area contributed by atoms with Gasteiger partial charge in [0.15, 0.2) is 0 Å². The van der Waals surface area contributed by atoms with E-state index in [-0.39, 0.29) is 5.92 Å². The van der Waals surface area contributed by atoms with Gasteiger partial charge in [-0.05, 0) is 37.0 Å². The molecule has 2 rings (SSSR count). The third kappa shape index (κ3) is 2.25. The third-order valence-corrected chi connectivity index (χ3v) is 3.86. The van der Waals surface area contributed by atoms with E-state index in [1.165, 1.54) is 0 Å². The molecule has 0 saturated heterocycles. The van der Waals surface area contributed by atoms with Gasteiger partial charge in [0.1, 0.15) is 5.54 Å². The first-order chi connectivity index (χ1) is 8.04. The first kappa shape index (κ1) is 12.2. The van der Waals surface area contributed by atoms with Gasteiger partial charge in [0.05, 0.1) is 0 Å². The summed E-state index contributed by atoms with van der Waals surface area (Å²) in [5.41, 5.74) is -0.0707. The fourth-order valence-electron chi connectivity index (χ4n) is 2.56. The first-order valence-electron chi connectivity index (χ1n) is 5.82. The van der Waals surface area contributed by atoms with Crippen molar-refractivity contribution in [1.82, 2.24) is 0 Å². The van der Waals surface area contributed by atoms with Crippen LogP contribution in [-0.4, -0.2) is 16.6 Å². The van der Waals surface area contributed by atoms with Crippen LogP contribution in [0, 0.1) is 5.92 Å². The summed E-state index contributed by atoms with van der Waals surface area (Å²) in [4.78, 5) is 11.5. The van der Waals surface area contributed by atoms with Crippen LogP contribution < -0.4 is 5.32 Å². The minimum atomic E-state index is -0.843. The molecule has 92 valence electrons. The second kappa shape index (κ2) is 4.57. The van der Waals surface area contributed by atoms with Gasteiger partial charge in [-0.2, -0.15) is 0 Å². The molecular formula is C13H16ClNO2. The van der Waals surface area contributed by atoms with Crippen LogP contribution in [0.15, 0.2) is 24.3 Å². The van der Waals surface area contributed by atoms with Gasteiger partial charge in [-0.25, -0.2) is 4.79 Å². The summed E-state index contributed by atoms with van der Waals surface area (Å²) in [6, 6.07) is 7.21. The molecule has 0 bridgehead atoms. The Hall–Kier alpha value is -1.22. The van der Waals surface area contributed by atoms with E-state index in [1.54, 1.807) is 12.1 Å². The maximum atomic E-state index is 11.5. The van der Waals surface area contributed by atoms with Crippen molar-refractivity contribution >= 4 is 23.3 Å². The van der Waals surface area contributed by atoms with Crippen molar-refractivity contribution in [1.29, 1.82) is 0 Å².